The highest BCUT2D eigenvalue weighted by Crippen LogP contribution is 2.14. The molecule has 0 aromatic carbocycles. The summed E-state index contributed by atoms with van der Waals surface area (Å²) in [6.45, 7) is 0.846. The Hall–Kier alpha value is 0.180. The average molecular weight is 233 g/mol. The number of hydrogen-bond donors (Lipinski definition) is 0. The Kier molecular flexibility index (Phi) is 5.70. The molecule has 0 saturated heterocycles. The third-order valence-electron chi connectivity index (χ3n) is 2.14. The van der Waals surface area contributed by atoms with Crippen molar-refractivity contribution in [3.63, 3.8) is 0 Å². The first kappa shape index (κ1) is 10.3. The van der Waals surface area contributed by atoms with Gasteiger partial charge >= 0.3 is 0 Å². The zero-order valence-corrected chi connectivity index (χ0v) is 9.05. The quantitative estimate of drug-likeness (QED) is 0.537. The summed E-state index contributed by atoms with van der Waals surface area (Å²) in [5.41, 5.74) is 0. The molecule has 12 heavy (non-hydrogen) atoms. The standard InChI is InChI=1S/C10H17BrO/c11-8-9-12-10-6-4-2-1-3-5-7-10/h2,4,10H,1,3,5-9H2/b4-2+. The van der Waals surface area contributed by atoms with E-state index in [-0.39, 0.29) is 0 Å². The third kappa shape index (κ3) is 4.27. The second-order valence-corrected chi connectivity index (χ2v) is 3.97. The lowest BCUT2D eigenvalue weighted by Gasteiger charge is -2.16. The summed E-state index contributed by atoms with van der Waals surface area (Å²) >= 11 is 3.37. The number of rotatable bonds is 3. The molecule has 0 bridgehead atoms. The van der Waals surface area contributed by atoms with Crippen LogP contribution in [0.15, 0.2) is 12.2 Å². The molecule has 1 rings (SSSR count). The molecular weight excluding hydrogens is 216 g/mol. The molecule has 2 heteroatoms. The Labute approximate surface area is 83.3 Å². The third-order valence-corrected chi connectivity index (χ3v) is 2.47. The Morgan fingerprint density at radius 2 is 2.25 bits per heavy atom. The Bertz CT molecular complexity index is 134. The van der Waals surface area contributed by atoms with Crippen LogP contribution < -0.4 is 0 Å². The van der Waals surface area contributed by atoms with Crippen LogP contribution in [0.2, 0.25) is 0 Å². The predicted octanol–water partition coefficient (Wildman–Crippen LogP) is 3.29. The van der Waals surface area contributed by atoms with Gasteiger partial charge in [-0.05, 0) is 25.7 Å². The molecule has 0 radical (unpaired) electrons. The molecule has 1 atom stereocenters. The van der Waals surface area contributed by atoms with Gasteiger partial charge in [0.15, 0.2) is 0 Å². The van der Waals surface area contributed by atoms with Gasteiger partial charge in [0, 0.05) is 5.33 Å². The Morgan fingerprint density at radius 1 is 1.33 bits per heavy atom. The van der Waals surface area contributed by atoms with E-state index in [1.54, 1.807) is 0 Å². The van der Waals surface area contributed by atoms with E-state index in [2.05, 4.69) is 28.1 Å². The molecule has 1 nitrogen and oxygen atoms in total. The summed E-state index contributed by atoms with van der Waals surface area (Å²) in [6, 6.07) is 0. The fraction of sp³-hybridized carbons (Fsp3) is 0.800. The summed E-state index contributed by atoms with van der Waals surface area (Å²) in [5, 5.41) is 0.952. The highest BCUT2D eigenvalue weighted by atomic mass is 79.9. The molecule has 0 amide bonds. The van der Waals surface area contributed by atoms with Crippen molar-refractivity contribution in [2.45, 2.75) is 38.2 Å². The summed E-state index contributed by atoms with van der Waals surface area (Å²) in [5.74, 6) is 0. The highest BCUT2D eigenvalue weighted by Gasteiger charge is 2.07. The molecular formula is C10H17BrO. The van der Waals surface area contributed by atoms with Crippen molar-refractivity contribution in [2.75, 3.05) is 11.9 Å². The van der Waals surface area contributed by atoms with Crippen molar-refractivity contribution in [1.82, 2.24) is 0 Å². The fourth-order valence-corrected chi connectivity index (χ4v) is 1.67. The van der Waals surface area contributed by atoms with Crippen molar-refractivity contribution in [1.29, 1.82) is 0 Å². The van der Waals surface area contributed by atoms with E-state index in [1.807, 2.05) is 0 Å². The molecule has 0 heterocycles. The monoisotopic (exact) mass is 232 g/mol. The molecule has 1 unspecified atom stereocenters. The van der Waals surface area contributed by atoms with Crippen LogP contribution in [-0.2, 0) is 4.74 Å². The molecule has 1 aliphatic rings. The van der Waals surface area contributed by atoms with Gasteiger partial charge in [-0.1, -0.05) is 34.5 Å². The van der Waals surface area contributed by atoms with Crippen LogP contribution in [0.4, 0.5) is 0 Å². The molecule has 0 aromatic heterocycles. The van der Waals surface area contributed by atoms with Crippen molar-refractivity contribution in [3.05, 3.63) is 12.2 Å². The van der Waals surface area contributed by atoms with Crippen LogP contribution in [0.1, 0.15) is 32.1 Å². The Balaban J connectivity index is 2.20. The van der Waals surface area contributed by atoms with Gasteiger partial charge in [0.05, 0.1) is 12.7 Å². The normalized spacial score (nSPS) is 27.6. The maximum atomic E-state index is 5.67. The lowest BCUT2D eigenvalue weighted by atomic mass is 10.0. The smallest absolute Gasteiger partial charge is 0.0609 e. The second-order valence-electron chi connectivity index (χ2n) is 3.17. The van der Waals surface area contributed by atoms with Crippen LogP contribution >= 0.6 is 15.9 Å². The van der Waals surface area contributed by atoms with Gasteiger partial charge in [-0.25, -0.2) is 0 Å². The first-order valence-corrected chi connectivity index (χ1v) is 5.88. The summed E-state index contributed by atoms with van der Waals surface area (Å²) in [7, 11) is 0. The zero-order valence-electron chi connectivity index (χ0n) is 7.47. The average Bonchev–Trinajstić information content (AvgIpc) is 2.02. The van der Waals surface area contributed by atoms with Crippen LogP contribution in [0.5, 0.6) is 0 Å². The minimum absolute atomic E-state index is 0.471. The molecule has 0 aromatic rings. The molecule has 0 aliphatic heterocycles. The maximum Gasteiger partial charge on any atom is 0.0609 e. The van der Waals surface area contributed by atoms with E-state index in [1.165, 1.54) is 25.7 Å². The number of halogens is 1. The molecule has 0 saturated carbocycles. The van der Waals surface area contributed by atoms with E-state index in [9.17, 15) is 0 Å². The Morgan fingerprint density at radius 3 is 3.08 bits per heavy atom. The fourth-order valence-electron chi connectivity index (χ4n) is 1.48. The predicted molar refractivity (Wildman–Crippen MR) is 55.8 cm³/mol. The summed E-state index contributed by atoms with van der Waals surface area (Å²) in [4.78, 5) is 0. The largest absolute Gasteiger partial charge is 0.377 e. The van der Waals surface area contributed by atoms with E-state index in [0.717, 1.165) is 18.4 Å². The molecule has 1 aliphatic carbocycles. The lowest BCUT2D eigenvalue weighted by molar-refractivity contribution is 0.0588. The van der Waals surface area contributed by atoms with Crippen molar-refractivity contribution < 1.29 is 4.74 Å². The van der Waals surface area contributed by atoms with E-state index in [4.69, 9.17) is 4.74 Å². The van der Waals surface area contributed by atoms with Gasteiger partial charge in [-0.3, -0.25) is 0 Å². The highest BCUT2D eigenvalue weighted by molar-refractivity contribution is 9.09. The van der Waals surface area contributed by atoms with E-state index < -0.39 is 0 Å². The first-order chi connectivity index (χ1) is 5.93. The minimum atomic E-state index is 0.471. The molecule has 0 spiro atoms. The van der Waals surface area contributed by atoms with Crippen molar-refractivity contribution >= 4 is 15.9 Å². The summed E-state index contributed by atoms with van der Waals surface area (Å²) in [6.07, 6.45) is 11.2. The van der Waals surface area contributed by atoms with Gasteiger partial charge in [0.2, 0.25) is 0 Å². The number of allylic oxidation sites excluding steroid dienone is 1. The second kappa shape index (κ2) is 6.67. The van der Waals surface area contributed by atoms with Gasteiger partial charge in [-0.15, -0.1) is 0 Å². The van der Waals surface area contributed by atoms with E-state index >= 15 is 0 Å². The SMILES string of the molecule is BrCCOC1C/C=C/CCCC1. The molecule has 0 N–H and O–H groups in total. The number of ether oxygens (including phenoxy) is 1. The zero-order chi connectivity index (χ0) is 8.65. The lowest BCUT2D eigenvalue weighted by Crippen LogP contribution is -2.14. The molecule has 0 fully saturated rings. The topological polar surface area (TPSA) is 9.23 Å². The van der Waals surface area contributed by atoms with Gasteiger partial charge in [-0.2, -0.15) is 0 Å². The van der Waals surface area contributed by atoms with Crippen LogP contribution in [0.25, 0.3) is 0 Å². The summed E-state index contributed by atoms with van der Waals surface area (Å²) < 4.78 is 5.67. The van der Waals surface area contributed by atoms with Gasteiger partial charge in [0.1, 0.15) is 0 Å². The minimum Gasteiger partial charge on any atom is -0.377 e. The maximum absolute atomic E-state index is 5.67. The van der Waals surface area contributed by atoms with Crippen molar-refractivity contribution in [3.8, 4) is 0 Å². The number of hydrogen-bond acceptors (Lipinski definition) is 1. The van der Waals surface area contributed by atoms with Crippen LogP contribution in [0.3, 0.4) is 0 Å². The van der Waals surface area contributed by atoms with Gasteiger partial charge in [0.25, 0.3) is 0 Å². The number of alkyl halides is 1. The van der Waals surface area contributed by atoms with Crippen molar-refractivity contribution in [2.24, 2.45) is 0 Å². The van der Waals surface area contributed by atoms with Crippen LogP contribution in [0, 0.1) is 0 Å². The van der Waals surface area contributed by atoms with E-state index in [0.29, 0.717) is 6.10 Å². The molecule has 70 valence electrons. The first-order valence-electron chi connectivity index (χ1n) is 4.76. The van der Waals surface area contributed by atoms with Gasteiger partial charge < -0.3 is 4.74 Å². The van der Waals surface area contributed by atoms with Crippen LogP contribution in [-0.4, -0.2) is 18.0 Å².